The number of carbonyl (C=O) groups is 2. The minimum Gasteiger partial charge on any atom is -0.490 e. The summed E-state index contributed by atoms with van der Waals surface area (Å²) in [6.07, 6.45) is 1.41. The van der Waals surface area contributed by atoms with E-state index in [1.807, 2.05) is 32.0 Å². The first-order chi connectivity index (χ1) is 17.2. The molecular formula is C26H35BrN4O5. The number of hydrogen-bond donors (Lipinski definition) is 3. The second kappa shape index (κ2) is 11.7. The van der Waals surface area contributed by atoms with Crippen molar-refractivity contribution in [2.45, 2.75) is 70.7 Å². The monoisotopic (exact) mass is 562 g/mol. The number of rotatable bonds is 8. The Balaban J connectivity index is 1.45. The van der Waals surface area contributed by atoms with Gasteiger partial charge in [0.05, 0.1) is 11.8 Å². The van der Waals surface area contributed by atoms with Crippen molar-refractivity contribution in [2.75, 3.05) is 19.6 Å². The molecule has 2 aliphatic rings. The van der Waals surface area contributed by atoms with Crippen LogP contribution in [0.3, 0.4) is 0 Å². The van der Waals surface area contributed by atoms with E-state index in [9.17, 15) is 14.7 Å². The van der Waals surface area contributed by atoms with Gasteiger partial charge in [0.1, 0.15) is 29.6 Å². The van der Waals surface area contributed by atoms with Crippen LogP contribution in [-0.4, -0.2) is 64.9 Å². The van der Waals surface area contributed by atoms with Crippen LogP contribution in [0, 0.1) is 12.8 Å². The SMILES string of the molecule is Cc1cc(C(C(=O)N2C[C@H](O)C[C@H]2C(=O)NCc2ccc(Br)cc2OC2CCNCC2)C(C)C)on1. The zero-order valence-electron chi connectivity index (χ0n) is 21.0. The minimum atomic E-state index is -0.763. The molecule has 3 N–H and O–H groups in total. The highest BCUT2D eigenvalue weighted by Gasteiger charge is 2.43. The van der Waals surface area contributed by atoms with Gasteiger partial charge >= 0.3 is 0 Å². The maximum absolute atomic E-state index is 13.6. The van der Waals surface area contributed by atoms with Gasteiger partial charge in [0.15, 0.2) is 0 Å². The molecule has 0 saturated carbocycles. The fourth-order valence-corrected chi connectivity index (χ4v) is 5.27. The first kappa shape index (κ1) is 26.6. The first-order valence-corrected chi connectivity index (χ1v) is 13.4. The Morgan fingerprint density at radius 3 is 2.72 bits per heavy atom. The van der Waals surface area contributed by atoms with E-state index in [1.54, 1.807) is 13.0 Å². The van der Waals surface area contributed by atoms with Crippen LogP contribution in [0.15, 0.2) is 33.3 Å². The second-order valence-electron chi connectivity index (χ2n) is 10.0. The van der Waals surface area contributed by atoms with E-state index in [4.69, 9.17) is 9.26 Å². The number of amides is 2. The number of likely N-dealkylation sites (tertiary alicyclic amines) is 1. The molecule has 4 rings (SSSR count). The molecule has 1 unspecified atom stereocenters. The van der Waals surface area contributed by atoms with Gasteiger partial charge in [0.2, 0.25) is 11.8 Å². The van der Waals surface area contributed by atoms with E-state index in [1.165, 1.54) is 4.90 Å². The van der Waals surface area contributed by atoms with Gasteiger partial charge in [-0.1, -0.05) is 41.0 Å². The number of nitrogens with one attached hydrogen (secondary N) is 2. The van der Waals surface area contributed by atoms with Gasteiger partial charge in [0, 0.05) is 35.6 Å². The third-order valence-electron chi connectivity index (χ3n) is 6.81. The number of hydrogen-bond acceptors (Lipinski definition) is 7. The Morgan fingerprint density at radius 2 is 2.06 bits per heavy atom. The summed E-state index contributed by atoms with van der Waals surface area (Å²) in [5, 5.41) is 20.6. The standard InChI is InChI=1S/C26H35BrN4O5/c1-15(2)24(23-10-16(3)30-36-23)26(34)31-14-19(32)12-21(31)25(33)29-13-17-4-5-18(27)11-22(17)35-20-6-8-28-9-7-20/h4-5,10-11,15,19-21,24,28,32H,6-9,12-14H2,1-3H3,(H,29,33)/t19-,21+,24?/m1/s1. The Morgan fingerprint density at radius 1 is 1.31 bits per heavy atom. The van der Waals surface area contributed by atoms with Gasteiger partial charge in [-0.15, -0.1) is 0 Å². The van der Waals surface area contributed by atoms with Gasteiger partial charge in [0.25, 0.3) is 0 Å². The quantitative estimate of drug-likeness (QED) is 0.452. The van der Waals surface area contributed by atoms with Gasteiger partial charge in [-0.25, -0.2) is 0 Å². The van der Waals surface area contributed by atoms with Gasteiger partial charge in [-0.05, 0) is 50.9 Å². The molecule has 196 valence electrons. The predicted octanol–water partition coefficient (Wildman–Crippen LogP) is 2.89. The molecular weight excluding hydrogens is 528 g/mol. The topological polar surface area (TPSA) is 117 Å². The summed E-state index contributed by atoms with van der Waals surface area (Å²) >= 11 is 3.51. The largest absolute Gasteiger partial charge is 0.490 e. The highest BCUT2D eigenvalue weighted by Crippen LogP contribution is 2.31. The number of carbonyl (C=O) groups excluding carboxylic acids is 2. The smallest absolute Gasteiger partial charge is 0.243 e. The fourth-order valence-electron chi connectivity index (χ4n) is 4.93. The van der Waals surface area contributed by atoms with Gasteiger partial charge in [-0.3, -0.25) is 9.59 Å². The number of ether oxygens (including phenoxy) is 1. The molecule has 2 aromatic rings. The van der Waals surface area contributed by atoms with Crippen molar-refractivity contribution in [3.63, 3.8) is 0 Å². The molecule has 0 bridgehead atoms. The van der Waals surface area contributed by atoms with E-state index in [2.05, 4.69) is 31.7 Å². The molecule has 1 aromatic carbocycles. The number of piperidine rings is 1. The summed E-state index contributed by atoms with van der Waals surface area (Å²) in [6, 6.07) is 6.75. The van der Waals surface area contributed by atoms with Crippen molar-refractivity contribution in [1.82, 2.24) is 20.7 Å². The van der Waals surface area contributed by atoms with Crippen molar-refractivity contribution in [2.24, 2.45) is 5.92 Å². The number of aliphatic hydroxyl groups excluding tert-OH is 1. The van der Waals surface area contributed by atoms with Crippen LogP contribution in [-0.2, 0) is 16.1 Å². The lowest BCUT2D eigenvalue weighted by atomic mass is 9.91. The van der Waals surface area contributed by atoms with Gasteiger partial charge in [-0.2, -0.15) is 0 Å². The highest BCUT2D eigenvalue weighted by molar-refractivity contribution is 9.10. The first-order valence-electron chi connectivity index (χ1n) is 12.6. The maximum atomic E-state index is 13.6. The Bertz CT molecular complexity index is 1070. The lowest BCUT2D eigenvalue weighted by Gasteiger charge is -2.29. The number of benzene rings is 1. The summed E-state index contributed by atoms with van der Waals surface area (Å²) in [7, 11) is 0. The normalized spacial score (nSPS) is 21.6. The van der Waals surface area contributed by atoms with E-state index >= 15 is 0 Å². The van der Waals surface area contributed by atoms with E-state index in [0.29, 0.717) is 11.5 Å². The van der Waals surface area contributed by atoms with Crippen LogP contribution >= 0.6 is 15.9 Å². The van der Waals surface area contributed by atoms with Crippen molar-refractivity contribution < 1.29 is 24.0 Å². The van der Waals surface area contributed by atoms with Crippen LogP contribution in [0.25, 0.3) is 0 Å². The molecule has 0 aliphatic carbocycles. The van der Waals surface area contributed by atoms with Crippen LogP contribution in [0.2, 0.25) is 0 Å². The number of aliphatic hydroxyl groups is 1. The molecule has 3 heterocycles. The molecule has 2 fully saturated rings. The highest BCUT2D eigenvalue weighted by atomic mass is 79.9. The van der Waals surface area contributed by atoms with Crippen molar-refractivity contribution in [3.8, 4) is 5.75 Å². The van der Waals surface area contributed by atoms with E-state index < -0.39 is 18.1 Å². The molecule has 2 saturated heterocycles. The van der Waals surface area contributed by atoms with E-state index in [0.717, 1.165) is 41.7 Å². The number of β-amino-alcohol motifs (C(OH)–C–C–N with tert-alkyl or cyclic N) is 1. The fraction of sp³-hybridized carbons (Fsp3) is 0.577. The molecule has 0 radical (unpaired) electrons. The average Bonchev–Trinajstić information content (AvgIpc) is 3.44. The molecule has 0 spiro atoms. The van der Waals surface area contributed by atoms with Gasteiger partial charge < -0.3 is 29.9 Å². The number of aryl methyl sites for hydroxylation is 1. The summed E-state index contributed by atoms with van der Waals surface area (Å²) in [5.74, 6) is 0.0227. The Labute approximate surface area is 220 Å². The molecule has 36 heavy (non-hydrogen) atoms. The van der Waals surface area contributed by atoms with Crippen molar-refractivity contribution >= 4 is 27.7 Å². The summed E-state index contributed by atoms with van der Waals surface area (Å²) in [4.78, 5) is 28.3. The van der Waals surface area contributed by atoms with Crippen molar-refractivity contribution in [3.05, 3.63) is 45.8 Å². The number of aromatic nitrogens is 1. The molecule has 9 nitrogen and oxygen atoms in total. The average molecular weight is 563 g/mol. The lowest BCUT2D eigenvalue weighted by molar-refractivity contribution is -0.141. The Kier molecular flexibility index (Phi) is 8.69. The summed E-state index contributed by atoms with van der Waals surface area (Å²) in [6.45, 7) is 7.87. The second-order valence-corrected chi connectivity index (χ2v) is 10.9. The minimum absolute atomic E-state index is 0.0660. The maximum Gasteiger partial charge on any atom is 0.243 e. The van der Waals surface area contributed by atoms with Crippen LogP contribution in [0.5, 0.6) is 5.75 Å². The lowest BCUT2D eigenvalue weighted by Crippen LogP contribution is -2.48. The zero-order chi connectivity index (χ0) is 25.8. The van der Waals surface area contributed by atoms with Crippen LogP contribution in [0.4, 0.5) is 0 Å². The van der Waals surface area contributed by atoms with Crippen LogP contribution in [0.1, 0.15) is 56.0 Å². The Hall–Kier alpha value is -2.43. The third kappa shape index (κ3) is 6.27. The molecule has 2 aliphatic heterocycles. The zero-order valence-corrected chi connectivity index (χ0v) is 22.6. The van der Waals surface area contributed by atoms with E-state index in [-0.39, 0.29) is 43.3 Å². The molecule has 3 atom stereocenters. The molecule has 2 amide bonds. The molecule has 10 heteroatoms. The predicted molar refractivity (Wildman–Crippen MR) is 137 cm³/mol. The summed E-state index contributed by atoms with van der Waals surface area (Å²) in [5.41, 5.74) is 1.55. The molecule has 1 aromatic heterocycles. The van der Waals surface area contributed by atoms with Crippen molar-refractivity contribution in [1.29, 1.82) is 0 Å². The number of halogens is 1. The number of nitrogens with zero attached hydrogens (tertiary/aromatic N) is 2. The summed E-state index contributed by atoms with van der Waals surface area (Å²) < 4.78 is 12.6. The van der Waals surface area contributed by atoms with Crippen LogP contribution < -0.4 is 15.4 Å². The third-order valence-corrected chi connectivity index (χ3v) is 7.31.